The van der Waals surface area contributed by atoms with Gasteiger partial charge in [-0.1, -0.05) is 0 Å². The van der Waals surface area contributed by atoms with Crippen LogP contribution < -0.4 is 5.73 Å². The van der Waals surface area contributed by atoms with E-state index in [1.54, 1.807) is 0 Å². The molecule has 0 spiro atoms. The van der Waals surface area contributed by atoms with Crippen molar-refractivity contribution in [3.05, 3.63) is 0 Å². The third-order valence-corrected chi connectivity index (χ3v) is 3.21. The molecule has 11 heavy (non-hydrogen) atoms. The van der Waals surface area contributed by atoms with E-state index >= 15 is 0 Å². The molecule has 2 N–H and O–H groups in total. The minimum Gasteiger partial charge on any atom is -0.327 e. The SMILES string of the molecule is CC(C)(C)N1CC2C(N)[C@H]2C1. The lowest BCUT2D eigenvalue weighted by atomic mass is 10.1. The van der Waals surface area contributed by atoms with E-state index in [1.165, 1.54) is 13.1 Å². The Morgan fingerprint density at radius 2 is 1.64 bits per heavy atom. The van der Waals surface area contributed by atoms with Crippen LogP contribution in [0.5, 0.6) is 0 Å². The molecule has 0 bridgehead atoms. The molecule has 1 saturated carbocycles. The van der Waals surface area contributed by atoms with Gasteiger partial charge in [0.15, 0.2) is 0 Å². The Balaban J connectivity index is 1.95. The predicted molar refractivity (Wildman–Crippen MR) is 46.3 cm³/mol. The highest BCUT2D eigenvalue weighted by Crippen LogP contribution is 2.45. The minimum absolute atomic E-state index is 0.354. The van der Waals surface area contributed by atoms with Gasteiger partial charge in [-0.05, 0) is 32.6 Å². The van der Waals surface area contributed by atoms with Crippen molar-refractivity contribution in [1.29, 1.82) is 0 Å². The number of nitrogens with two attached hydrogens (primary N) is 1. The van der Waals surface area contributed by atoms with Gasteiger partial charge >= 0.3 is 0 Å². The standard InChI is InChI=1S/C9H18N2/c1-9(2,3)11-4-6-7(5-11)8(6)10/h6-8H,4-5,10H2,1-3H3/t6-,7?,8?/m0/s1. The number of hydrogen-bond donors (Lipinski definition) is 1. The summed E-state index contributed by atoms with van der Waals surface area (Å²) in [4.78, 5) is 2.55. The number of hydrogen-bond acceptors (Lipinski definition) is 2. The summed E-state index contributed by atoms with van der Waals surface area (Å²) >= 11 is 0. The number of likely N-dealkylation sites (tertiary alicyclic amines) is 1. The minimum atomic E-state index is 0.354. The van der Waals surface area contributed by atoms with Gasteiger partial charge in [-0.2, -0.15) is 0 Å². The van der Waals surface area contributed by atoms with Crippen LogP contribution in [0.3, 0.4) is 0 Å². The number of fused-ring (bicyclic) bond motifs is 1. The molecule has 2 unspecified atom stereocenters. The molecule has 0 aromatic heterocycles. The zero-order chi connectivity index (χ0) is 8.22. The molecule has 2 nitrogen and oxygen atoms in total. The van der Waals surface area contributed by atoms with E-state index in [0.717, 1.165) is 11.8 Å². The van der Waals surface area contributed by atoms with Gasteiger partial charge in [-0.15, -0.1) is 0 Å². The van der Waals surface area contributed by atoms with Crippen LogP contribution in [0.15, 0.2) is 0 Å². The van der Waals surface area contributed by atoms with Gasteiger partial charge in [0.25, 0.3) is 0 Å². The molecule has 2 rings (SSSR count). The second kappa shape index (κ2) is 1.99. The highest BCUT2D eigenvalue weighted by molar-refractivity contribution is 5.10. The maximum Gasteiger partial charge on any atom is 0.0127 e. The maximum atomic E-state index is 5.85. The van der Waals surface area contributed by atoms with Gasteiger partial charge in [0, 0.05) is 24.7 Å². The molecular formula is C9H18N2. The summed E-state index contributed by atoms with van der Waals surface area (Å²) in [5, 5.41) is 0. The number of piperidine rings is 1. The molecule has 0 radical (unpaired) electrons. The zero-order valence-electron chi connectivity index (χ0n) is 7.67. The summed E-state index contributed by atoms with van der Waals surface area (Å²) in [6.45, 7) is 9.31. The first-order valence-corrected chi connectivity index (χ1v) is 4.51. The quantitative estimate of drug-likeness (QED) is 0.556. The smallest absolute Gasteiger partial charge is 0.0127 e. The fraction of sp³-hybridized carbons (Fsp3) is 1.00. The largest absolute Gasteiger partial charge is 0.327 e. The Labute approximate surface area is 68.7 Å². The Bertz CT molecular complexity index is 159. The summed E-state index contributed by atoms with van der Waals surface area (Å²) in [6.07, 6.45) is 0. The fourth-order valence-corrected chi connectivity index (χ4v) is 2.12. The molecule has 0 aromatic rings. The van der Waals surface area contributed by atoms with E-state index in [2.05, 4.69) is 25.7 Å². The first kappa shape index (κ1) is 7.56. The van der Waals surface area contributed by atoms with Gasteiger partial charge < -0.3 is 5.73 Å². The molecule has 3 atom stereocenters. The summed E-state index contributed by atoms with van der Waals surface area (Å²) in [7, 11) is 0. The highest BCUT2D eigenvalue weighted by Gasteiger charge is 2.55. The Kier molecular flexibility index (Phi) is 1.37. The first-order chi connectivity index (χ1) is 5.00. The molecule has 1 aliphatic carbocycles. The van der Waals surface area contributed by atoms with E-state index in [-0.39, 0.29) is 0 Å². The number of rotatable bonds is 0. The second-order valence-corrected chi connectivity index (χ2v) is 4.98. The number of nitrogens with zero attached hydrogens (tertiary/aromatic N) is 1. The van der Waals surface area contributed by atoms with Gasteiger partial charge in [0.2, 0.25) is 0 Å². The topological polar surface area (TPSA) is 29.3 Å². The summed E-state index contributed by atoms with van der Waals surface area (Å²) < 4.78 is 0. The van der Waals surface area contributed by atoms with Crippen LogP contribution >= 0.6 is 0 Å². The maximum absolute atomic E-state index is 5.85. The van der Waals surface area contributed by atoms with Crippen molar-refractivity contribution in [3.63, 3.8) is 0 Å². The molecule has 1 aliphatic heterocycles. The summed E-state index contributed by atoms with van der Waals surface area (Å²) in [5.41, 5.74) is 6.20. The summed E-state index contributed by atoms with van der Waals surface area (Å²) in [6, 6.07) is 0.536. The van der Waals surface area contributed by atoms with Gasteiger partial charge in [-0.3, -0.25) is 4.90 Å². The van der Waals surface area contributed by atoms with E-state index in [4.69, 9.17) is 5.73 Å². The van der Waals surface area contributed by atoms with Crippen molar-refractivity contribution in [2.45, 2.75) is 32.4 Å². The van der Waals surface area contributed by atoms with Crippen LogP contribution in [0.4, 0.5) is 0 Å². The molecule has 64 valence electrons. The first-order valence-electron chi connectivity index (χ1n) is 4.51. The molecular weight excluding hydrogens is 136 g/mol. The van der Waals surface area contributed by atoms with Crippen LogP contribution in [0, 0.1) is 11.8 Å². The fourth-order valence-electron chi connectivity index (χ4n) is 2.12. The van der Waals surface area contributed by atoms with Crippen molar-refractivity contribution >= 4 is 0 Å². The van der Waals surface area contributed by atoms with Crippen molar-refractivity contribution in [3.8, 4) is 0 Å². The normalized spacial score (nSPS) is 44.2. The molecule has 0 amide bonds. The van der Waals surface area contributed by atoms with Crippen LogP contribution in [0.1, 0.15) is 20.8 Å². The predicted octanol–water partition coefficient (Wildman–Crippen LogP) is 0.674. The second-order valence-electron chi connectivity index (χ2n) is 4.98. The molecule has 1 heterocycles. The summed E-state index contributed by atoms with van der Waals surface area (Å²) in [5.74, 6) is 1.66. The van der Waals surface area contributed by atoms with E-state index in [9.17, 15) is 0 Å². The van der Waals surface area contributed by atoms with Gasteiger partial charge in [0.1, 0.15) is 0 Å². The van der Waals surface area contributed by atoms with Gasteiger partial charge in [-0.25, -0.2) is 0 Å². The van der Waals surface area contributed by atoms with E-state index < -0.39 is 0 Å². The van der Waals surface area contributed by atoms with Crippen molar-refractivity contribution in [2.24, 2.45) is 17.6 Å². The molecule has 0 aromatic carbocycles. The van der Waals surface area contributed by atoms with Crippen molar-refractivity contribution in [1.82, 2.24) is 4.90 Å². The monoisotopic (exact) mass is 154 g/mol. The Morgan fingerprint density at radius 1 is 1.18 bits per heavy atom. The highest BCUT2D eigenvalue weighted by atomic mass is 15.2. The van der Waals surface area contributed by atoms with E-state index in [0.29, 0.717) is 11.6 Å². The molecule has 2 fully saturated rings. The molecule has 2 heteroatoms. The Morgan fingerprint density at radius 3 is 2.00 bits per heavy atom. The molecule has 1 saturated heterocycles. The third-order valence-electron chi connectivity index (χ3n) is 3.21. The lowest BCUT2D eigenvalue weighted by Crippen LogP contribution is -2.42. The Hall–Kier alpha value is -0.0800. The lowest BCUT2D eigenvalue weighted by Gasteiger charge is -2.33. The van der Waals surface area contributed by atoms with Gasteiger partial charge in [0.05, 0.1) is 0 Å². The van der Waals surface area contributed by atoms with Crippen LogP contribution in [-0.4, -0.2) is 29.6 Å². The van der Waals surface area contributed by atoms with Crippen LogP contribution in [0.25, 0.3) is 0 Å². The average Bonchev–Trinajstić information content (AvgIpc) is 2.39. The van der Waals surface area contributed by atoms with Crippen LogP contribution in [0.2, 0.25) is 0 Å². The molecule has 2 aliphatic rings. The van der Waals surface area contributed by atoms with Crippen LogP contribution in [-0.2, 0) is 0 Å². The van der Waals surface area contributed by atoms with E-state index in [1.807, 2.05) is 0 Å². The third kappa shape index (κ3) is 1.09. The zero-order valence-corrected chi connectivity index (χ0v) is 7.67. The van der Waals surface area contributed by atoms with Crippen molar-refractivity contribution < 1.29 is 0 Å². The van der Waals surface area contributed by atoms with Crippen molar-refractivity contribution in [2.75, 3.05) is 13.1 Å². The average molecular weight is 154 g/mol. The lowest BCUT2D eigenvalue weighted by molar-refractivity contribution is 0.153.